The van der Waals surface area contributed by atoms with Gasteiger partial charge in [0, 0.05) is 53.3 Å². The topological polar surface area (TPSA) is 90.4 Å². The molecule has 0 bridgehead atoms. The maximum atomic E-state index is 13.8. The molecule has 0 radical (unpaired) electrons. The summed E-state index contributed by atoms with van der Waals surface area (Å²) in [6.45, 7) is 15.3. The number of benzene rings is 2. The van der Waals surface area contributed by atoms with Crippen molar-refractivity contribution in [1.29, 1.82) is 10.5 Å². The summed E-state index contributed by atoms with van der Waals surface area (Å²) in [5.41, 5.74) is 5.89. The van der Waals surface area contributed by atoms with E-state index >= 15 is 0 Å². The van der Waals surface area contributed by atoms with Gasteiger partial charge in [0.15, 0.2) is 11.6 Å². The van der Waals surface area contributed by atoms with Gasteiger partial charge in [-0.05, 0) is 59.4 Å². The van der Waals surface area contributed by atoms with Gasteiger partial charge in [-0.3, -0.25) is 9.59 Å². The number of hydrogen-bond acceptors (Lipinski definition) is 7. The van der Waals surface area contributed by atoms with Gasteiger partial charge in [-0.25, -0.2) is 20.2 Å². The number of Topliss-reactive ketones (excluding diaryl/α,β-unsaturated/α-hetero) is 2. The van der Waals surface area contributed by atoms with Crippen LogP contribution in [0.15, 0.2) is 88.8 Å². The Bertz CT molecular complexity index is 2780. The van der Waals surface area contributed by atoms with Gasteiger partial charge in [-0.15, -0.1) is 34.0 Å². The lowest BCUT2D eigenvalue weighted by atomic mass is 9.67. The largest absolute Gasteiger partial charge is 0.289 e. The highest BCUT2D eigenvalue weighted by atomic mass is 32.1. The maximum Gasteiger partial charge on any atom is 0.270 e. The van der Waals surface area contributed by atoms with Crippen LogP contribution < -0.4 is 0 Å². The number of fused-ring (bicyclic) bond motifs is 8. The van der Waals surface area contributed by atoms with E-state index in [1.54, 1.807) is 58.3 Å². The molecule has 5 aromatic rings. The standard InChI is InChI=1S/C42H22N4O2S3/c1-45-30(20-43)34-24-10-4-6-12-26(24)37(47)28(34)16-22-17-32-36(42(22)14-8-3-9-15-42)40-41(50-32)39-33(51-40)19-23(49-39)18-29-35(31(21-44)46-2)25-11-5-7-13-27(25)38(29)48/h4-7,10-13,16-19H,3,8-9,14-15H2/b28-16-,29-18-,34-30+,35-31-. The van der Waals surface area contributed by atoms with E-state index < -0.39 is 0 Å². The summed E-state index contributed by atoms with van der Waals surface area (Å²) in [5.74, 6) is -0.331. The van der Waals surface area contributed by atoms with Crippen LogP contribution in [0.4, 0.5) is 0 Å². The molecule has 51 heavy (non-hydrogen) atoms. The molecule has 6 nitrogen and oxygen atoms in total. The van der Waals surface area contributed by atoms with Crippen LogP contribution in [0.2, 0.25) is 0 Å². The molecule has 3 aromatic heterocycles. The Morgan fingerprint density at radius 1 is 0.725 bits per heavy atom. The Morgan fingerprint density at radius 2 is 1.29 bits per heavy atom. The summed E-state index contributed by atoms with van der Waals surface area (Å²) >= 11 is 5.12. The summed E-state index contributed by atoms with van der Waals surface area (Å²) in [6.07, 6.45) is 11.2. The van der Waals surface area contributed by atoms with E-state index in [0.717, 1.165) is 52.0 Å². The van der Waals surface area contributed by atoms with Crippen LogP contribution in [0, 0.1) is 35.8 Å². The zero-order valence-electron chi connectivity index (χ0n) is 26.8. The highest BCUT2D eigenvalue weighted by Crippen LogP contribution is 2.60. The number of nitriles is 2. The summed E-state index contributed by atoms with van der Waals surface area (Å²) in [4.78, 5) is 36.4. The Labute approximate surface area is 305 Å². The van der Waals surface area contributed by atoms with Crippen LogP contribution in [0.5, 0.6) is 0 Å². The first-order valence-electron chi connectivity index (χ1n) is 16.4. The maximum absolute atomic E-state index is 13.8. The lowest BCUT2D eigenvalue weighted by Gasteiger charge is -2.36. The van der Waals surface area contributed by atoms with Crippen LogP contribution in [-0.2, 0) is 5.41 Å². The Hall–Kier alpha value is -5.94. The quantitative estimate of drug-likeness (QED) is 0.104. The zero-order chi connectivity index (χ0) is 35.0. The molecule has 0 atom stereocenters. The van der Waals surface area contributed by atoms with Gasteiger partial charge in [0.25, 0.3) is 11.4 Å². The first-order valence-corrected chi connectivity index (χ1v) is 18.8. The first-order chi connectivity index (χ1) is 24.9. The Kier molecular flexibility index (Phi) is 7.04. The van der Waals surface area contributed by atoms with E-state index in [9.17, 15) is 20.1 Å². The number of rotatable bonds is 2. The molecule has 4 aliphatic carbocycles. The molecule has 0 saturated heterocycles. The molecule has 3 heterocycles. The number of thiophene rings is 3. The van der Waals surface area contributed by atoms with E-state index in [1.807, 2.05) is 48.6 Å². The van der Waals surface area contributed by atoms with Gasteiger partial charge in [0.1, 0.15) is 0 Å². The average Bonchev–Trinajstić information content (AvgIpc) is 3.97. The molecule has 0 aliphatic heterocycles. The molecule has 2 aromatic carbocycles. The van der Waals surface area contributed by atoms with Crippen LogP contribution in [0.1, 0.15) is 79.3 Å². The zero-order valence-corrected chi connectivity index (χ0v) is 29.2. The fourth-order valence-corrected chi connectivity index (χ4v) is 12.7. The molecule has 4 aliphatic rings. The molecule has 240 valence electrons. The van der Waals surface area contributed by atoms with Gasteiger partial charge < -0.3 is 0 Å². The van der Waals surface area contributed by atoms with E-state index in [4.69, 9.17) is 13.1 Å². The van der Waals surface area contributed by atoms with Gasteiger partial charge in [-0.2, -0.15) is 0 Å². The second-order valence-corrected chi connectivity index (χ2v) is 16.1. The predicted molar refractivity (Wildman–Crippen MR) is 204 cm³/mol. The highest BCUT2D eigenvalue weighted by molar-refractivity contribution is 7.39. The molecule has 9 rings (SSSR count). The summed E-state index contributed by atoms with van der Waals surface area (Å²) < 4.78 is 4.74. The minimum atomic E-state index is -0.267. The van der Waals surface area contributed by atoms with Crippen molar-refractivity contribution in [3.63, 3.8) is 0 Å². The average molecular weight is 711 g/mol. The number of hydrogen-bond donors (Lipinski definition) is 0. The third-order valence-electron chi connectivity index (χ3n) is 10.5. The van der Waals surface area contributed by atoms with E-state index in [-0.39, 0.29) is 28.4 Å². The highest BCUT2D eigenvalue weighted by Gasteiger charge is 2.46. The number of allylic oxidation sites excluding steroid dienone is 8. The van der Waals surface area contributed by atoms with Crippen molar-refractivity contribution >= 4 is 87.7 Å². The minimum absolute atomic E-state index is 0.0685. The van der Waals surface area contributed by atoms with Crippen molar-refractivity contribution in [3.05, 3.63) is 149 Å². The molecule has 0 unspecified atom stereocenters. The molecule has 0 N–H and O–H groups in total. The predicted octanol–water partition coefficient (Wildman–Crippen LogP) is 11.2. The molecule has 1 spiro atoms. The SMILES string of the molecule is [C-]#[N+]/C(C#N)=C1\C(=C\c2cc3sc4c5c(sc4c3s2)C=C(/C=C2\C(=O)c3ccccc3\C2=C(\C#N)[N+]#[C-])C52CCCCC2)C(=O)c2ccccc21. The van der Waals surface area contributed by atoms with Gasteiger partial charge in [-0.1, -0.05) is 67.8 Å². The normalized spacial score (nSPS) is 20.6. The molecule has 1 fully saturated rings. The van der Waals surface area contributed by atoms with Gasteiger partial charge in [0.05, 0.1) is 39.4 Å². The Morgan fingerprint density at radius 3 is 1.86 bits per heavy atom. The lowest BCUT2D eigenvalue weighted by Crippen LogP contribution is -2.28. The number of carbonyl (C=O) groups excluding carboxylic acids is 2. The molecular weight excluding hydrogens is 689 g/mol. The third-order valence-corrected chi connectivity index (χ3v) is 14.3. The van der Waals surface area contributed by atoms with Crippen molar-refractivity contribution < 1.29 is 9.59 Å². The van der Waals surface area contributed by atoms with Crippen LogP contribution in [0.25, 0.3) is 51.8 Å². The monoisotopic (exact) mass is 710 g/mol. The molecule has 0 amide bonds. The second kappa shape index (κ2) is 11.6. The fraction of sp³-hybridized carbons (Fsp3) is 0.143. The van der Waals surface area contributed by atoms with Crippen molar-refractivity contribution in [2.75, 3.05) is 0 Å². The van der Waals surface area contributed by atoms with Crippen LogP contribution >= 0.6 is 34.0 Å². The lowest BCUT2D eigenvalue weighted by molar-refractivity contribution is 0.103. The number of ketones is 2. The second-order valence-electron chi connectivity index (χ2n) is 12.9. The van der Waals surface area contributed by atoms with Crippen LogP contribution in [0.3, 0.4) is 0 Å². The fourth-order valence-electron chi connectivity index (χ4n) is 8.30. The van der Waals surface area contributed by atoms with Crippen molar-refractivity contribution in [1.82, 2.24) is 0 Å². The smallest absolute Gasteiger partial charge is 0.270 e. The van der Waals surface area contributed by atoms with Crippen molar-refractivity contribution in [2.45, 2.75) is 37.5 Å². The van der Waals surface area contributed by atoms with E-state index in [2.05, 4.69) is 21.8 Å². The van der Waals surface area contributed by atoms with Crippen molar-refractivity contribution in [3.8, 4) is 12.1 Å². The number of nitrogens with zero attached hydrogens (tertiary/aromatic N) is 4. The minimum Gasteiger partial charge on any atom is -0.289 e. The number of carbonyl (C=O) groups is 2. The molecule has 1 saturated carbocycles. The third kappa shape index (κ3) is 4.34. The van der Waals surface area contributed by atoms with Crippen LogP contribution in [-0.4, -0.2) is 11.6 Å². The molecule has 9 heteroatoms. The summed E-state index contributed by atoms with van der Waals surface area (Å²) in [6, 6.07) is 20.5. The van der Waals surface area contributed by atoms with E-state index in [0.29, 0.717) is 44.5 Å². The molecular formula is C42H22N4O2S3. The first kappa shape index (κ1) is 31.1. The summed E-state index contributed by atoms with van der Waals surface area (Å²) in [7, 11) is 0. The van der Waals surface area contributed by atoms with Gasteiger partial charge in [0.2, 0.25) is 0 Å². The van der Waals surface area contributed by atoms with E-state index in [1.165, 1.54) is 19.8 Å². The summed E-state index contributed by atoms with van der Waals surface area (Å²) in [5, 5.41) is 19.6. The van der Waals surface area contributed by atoms with Crippen molar-refractivity contribution in [2.24, 2.45) is 0 Å². The van der Waals surface area contributed by atoms with Gasteiger partial charge >= 0.3 is 0 Å². The Balaban J connectivity index is 1.18.